The number of rotatable bonds is 4. The molecule has 4 heteroatoms. The lowest BCUT2D eigenvalue weighted by Crippen LogP contribution is -2.02. The molecule has 2 rings (SSSR count). The lowest BCUT2D eigenvalue weighted by atomic mass is 10.0. The van der Waals surface area contributed by atoms with Crippen molar-refractivity contribution in [2.45, 2.75) is 12.5 Å². The van der Waals surface area contributed by atoms with Crippen LogP contribution in [0.1, 0.15) is 17.2 Å². The van der Waals surface area contributed by atoms with Crippen LogP contribution in [-0.4, -0.2) is 17.2 Å². The Kier molecular flexibility index (Phi) is 4.18. The van der Waals surface area contributed by atoms with Gasteiger partial charge in [-0.25, -0.2) is 0 Å². The minimum absolute atomic E-state index is 0.453. The van der Waals surface area contributed by atoms with E-state index < -0.39 is 6.10 Å². The Bertz CT molecular complexity index is 531. The Morgan fingerprint density at radius 1 is 1.39 bits per heavy atom. The number of aliphatic hydroxyl groups excluding tert-OH is 1. The van der Waals surface area contributed by atoms with Crippen LogP contribution in [0.3, 0.4) is 0 Å². The zero-order valence-electron chi connectivity index (χ0n) is 10.0. The number of benzene rings is 1. The molecule has 2 aromatic rings. The van der Waals surface area contributed by atoms with Crippen molar-refractivity contribution in [3.8, 4) is 5.75 Å². The van der Waals surface area contributed by atoms with Crippen LogP contribution in [-0.2, 0) is 6.42 Å². The molecule has 1 aromatic carbocycles. The third-order valence-corrected chi connectivity index (χ3v) is 3.09. The van der Waals surface area contributed by atoms with E-state index in [1.165, 1.54) is 0 Å². The van der Waals surface area contributed by atoms with Gasteiger partial charge in [-0.15, -0.1) is 0 Å². The predicted octanol–water partition coefficient (Wildman–Crippen LogP) is 3.02. The van der Waals surface area contributed by atoms with Crippen LogP contribution in [0.15, 0.2) is 42.7 Å². The van der Waals surface area contributed by atoms with Crippen LogP contribution in [0.5, 0.6) is 5.75 Å². The van der Waals surface area contributed by atoms with Crippen LogP contribution in [0.2, 0.25) is 5.02 Å². The predicted molar refractivity (Wildman–Crippen MR) is 70.9 cm³/mol. The highest BCUT2D eigenvalue weighted by molar-refractivity contribution is 6.31. The molecule has 0 spiro atoms. The Balaban J connectivity index is 2.16. The number of halogens is 1. The van der Waals surface area contributed by atoms with Gasteiger partial charge in [0.15, 0.2) is 0 Å². The summed E-state index contributed by atoms with van der Waals surface area (Å²) in [4.78, 5) is 3.92. The molecule has 1 atom stereocenters. The second-order valence-corrected chi connectivity index (χ2v) is 4.37. The number of hydrogen-bond donors (Lipinski definition) is 1. The summed E-state index contributed by atoms with van der Waals surface area (Å²) in [6.07, 6.45) is 3.09. The molecule has 3 nitrogen and oxygen atoms in total. The number of nitrogens with zero attached hydrogens (tertiary/aromatic N) is 1. The molecule has 0 bridgehead atoms. The van der Waals surface area contributed by atoms with Crippen molar-refractivity contribution in [2.75, 3.05) is 7.11 Å². The zero-order valence-corrected chi connectivity index (χ0v) is 10.8. The van der Waals surface area contributed by atoms with Crippen LogP contribution < -0.4 is 4.74 Å². The highest BCUT2D eigenvalue weighted by Gasteiger charge is 2.11. The second-order valence-electron chi connectivity index (χ2n) is 3.96. The van der Waals surface area contributed by atoms with E-state index in [1.54, 1.807) is 19.5 Å². The molecule has 1 N–H and O–H groups in total. The van der Waals surface area contributed by atoms with Crippen LogP contribution in [0, 0.1) is 0 Å². The van der Waals surface area contributed by atoms with Crippen molar-refractivity contribution in [3.05, 3.63) is 58.9 Å². The van der Waals surface area contributed by atoms with Gasteiger partial charge in [0.25, 0.3) is 0 Å². The number of hydrogen-bond acceptors (Lipinski definition) is 3. The number of aromatic nitrogens is 1. The van der Waals surface area contributed by atoms with Crippen molar-refractivity contribution >= 4 is 11.6 Å². The molecular formula is C14H14ClNO2. The second kappa shape index (κ2) is 5.85. The number of pyridine rings is 1. The summed E-state index contributed by atoms with van der Waals surface area (Å²) in [7, 11) is 1.60. The van der Waals surface area contributed by atoms with Gasteiger partial charge >= 0.3 is 0 Å². The molecule has 94 valence electrons. The van der Waals surface area contributed by atoms with Crippen molar-refractivity contribution in [1.82, 2.24) is 4.98 Å². The first kappa shape index (κ1) is 12.9. The highest BCUT2D eigenvalue weighted by Crippen LogP contribution is 2.24. The van der Waals surface area contributed by atoms with E-state index in [-0.39, 0.29) is 0 Å². The lowest BCUT2D eigenvalue weighted by Gasteiger charge is -2.13. The maximum Gasteiger partial charge on any atom is 0.119 e. The third kappa shape index (κ3) is 3.00. The fourth-order valence-electron chi connectivity index (χ4n) is 1.74. The molecule has 0 radical (unpaired) electrons. The number of ether oxygens (including phenoxy) is 1. The maximum absolute atomic E-state index is 10.2. The molecular weight excluding hydrogens is 250 g/mol. The zero-order chi connectivity index (χ0) is 13.0. The van der Waals surface area contributed by atoms with Crippen LogP contribution in [0.4, 0.5) is 0 Å². The first-order valence-corrected chi connectivity index (χ1v) is 5.99. The minimum Gasteiger partial charge on any atom is -0.497 e. The quantitative estimate of drug-likeness (QED) is 0.922. The lowest BCUT2D eigenvalue weighted by molar-refractivity contribution is 0.178. The van der Waals surface area contributed by atoms with Gasteiger partial charge in [0.05, 0.1) is 18.2 Å². The molecule has 1 aromatic heterocycles. The van der Waals surface area contributed by atoms with E-state index >= 15 is 0 Å². The topological polar surface area (TPSA) is 42.4 Å². The molecule has 1 unspecified atom stereocenters. The molecule has 0 saturated carbocycles. The monoisotopic (exact) mass is 263 g/mol. The standard InChI is InChI=1S/C14H14ClNO2/c1-18-12-4-2-3-11(7-12)14(17)8-10-5-6-16-9-13(10)15/h2-7,9,14,17H,8H2,1H3. The highest BCUT2D eigenvalue weighted by atomic mass is 35.5. The summed E-state index contributed by atoms with van der Waals surface area (Å²) in [6, 6.07) is 9.19. The van der Waals surface area contributed by atoms with Crippen molar-refractivity contribution < 1.29 is 9.84 Å². The summed E-state index contributed by atoms with van der Waals surface area (Å²) < 4.78 is 5.13. The van der Waals surface area contributed by atoms with E-state index in [9.17, 15) is 5.11 Å². The first-order chi connectivity index (χ1) is 8.70. The van der Waals surface area contributed by atoms with Gasteiger partial charge in [-0.3, -0.25) is 4.98 Å². The summed E-state index contributed by atoms with van der Waals surface area (Å²) >= 11 is 6.02. The van der Waals surface area contributed by atoms with Crippen LogP contribution in [0.25, 0.3) is 0 Å². The summed E-state index contributed by atoms with van der Waals surface area (Å²) in [6.45, 7) is 0. The maximum atomic E-state index is 10.2. The van der Waals surface area contributed by atoms with Gasteiger partial charge in [-0.05, 0) is 29.3 Å². The Labute approximate surface area is 111 Å². The third-order valence-electron chi connectivity index (χ3n) is 2.75. The number of methoxy groups -OCH3 is 1. The van der Waals surface area contributed by atoms with Crippen molar-refractivity contribution in [2.24, 2.45) is 0 Å². The largest absolute Gasteiger partial charge is 0.497 e. The molecule has 0 aliphatic rings. The van der Waals surface area contributed by atoms with Gasteiger partial charge in [0.2, 0.25) is 0 Å². The summed E-state index contributed by atoms with van der Waals surface area (Å²) in [5.74, 6) is 0.729. The smallest absolute Gasteiger partial charge is 0.119 e. The molecule has 0 aliphatic heterocycles. The summed E-state index contributed by atoms with van der Waals surface area (Å²) in [5, 5.41) is 10.8. The van der Waals surface area contributed by atoms with E-state index in [0.29, 0.717) is 11.4 Å². The van der Waals surface area contributed by atoms with Crippen molar-refractivity contribution in [1.29, 1.82) is 0 Å². The van der Waals surface area contributed by atoms with Gasteiger partial charge in [0.1, 0.15) is 5.75 Å². The average Bonchev–Trinajstić information content (AvgIpc) is 2.41. The van der Waals surface area contributed by atoms with Gasteiger partial charge in [0, 0.05) is 18.8 Å². The fraction of sp³-hybridized carbons (Fsp3) is 0.214. The van der Waals surface area contributed by atoms with Gasteiger partial charge in [-0.2, -0.15) is 0 Å². The minimum atomic E-state index is -0.611. The molecule has 0 amide bonds. The molecule has 0 saturated heterocycles. The normalized spacial score (nSPS) is 12.2. The SMILES string of the molecule is COc1cccc(C(O)Cc2ccncc2Cl)c1. The molecule has 0 aliphatic carbocycles. The van der Waals surface area contributed by atoms with Crippen molar-refractivity contribution in [3.63, 3.8) is 0 Å². The fourth-order valence-corrected chi connectivity index (χ4v) is 1.94. The molecule has 1 heterocycles. The van der Waals surface area contributed by atoms with Gasteiger partial charge in [-0.1, -0.05) is 23.7 Å². The van der Waals surface area contributed by atoms with E-state index in [0.717, 1.165) is 16.9 Å². The molecule has 0 fully saturated rings. The van der Waals surface area contributed by atoms with Gasteiger partial charge < -0.3 is 9.84 Å². The molecule has 18 heavy (non-hydrogen) atoms. The Morgan fingerprint density at radius 3 is 2.94 bits per heavy atom. The Hall–Kier alpha value is -1.58. The number of aliphatic hydroxyl groups is 1. The van der Waals surface area contributed by atoms with E-state index in [1.807, 2.05) is 30.3 Å². The Morgan fingerprint density at radius 2 is 2.22 bits per heavy atom. The summed E-state index contributed by atoms with van der Waals surface area (Å²) in [5.41, 5.74) is 1.68. The van der Waals surface area contributed by atoms with E-state index in [2.05, 4.69) is 4.98 Å². The average molecular weight is 264 g/mol. The first-order valence-electron chi connectivity index (χ1n) is 5.61. The van der Waals surface area contributed by atoms with Crippen LogP contribution >= 0.6 is 11.6 Å². The van der Waals surface area contributed by atoms with E-state index in [4.69, 9.17) is 16.3 Å².